The van der Waals surface area contributed by atoms with Crippen molar-refractivity contribution in [1.82, 2.24) is 5.32 Å². The molecule has 2 aromatic carbocycles. The number of halogens is 1. The summed E-state index contributed by atoms with van der Waals surface area (Å²) < 4.78 is 0. The monoisotopic (exact) mass is 328 g/mol. The van der Waals surface area contributed by atoms with Crippen LogP contribution in [0.4, 0.5) is 5.69 Å². The maximum Gasteiger partial charge on any atom is 0.239 e. The van der Waals surface area contributed by atoms with E-state index in [0.29, 0.717) is 24.5 Å². The standard InChI is InChI=1S/C18H17ClN2O2/c19-14-8-6-13(7-9-14)12-20-17(22)16-10-11-21(18(16)23)15-4-2-1-3-5-15/h1-9,16H,10-12H2,(H,20,22). The van der Waals surface area contributed by atoms with Crippen LogP contribution in [0.3, 0.4) is 0 Å². The Hall–Kier alpha value is -2.33. The SMILES string of the molecule is O=C(NCc1ccc(Cl)cc1)C1CCN(c2ccccc2)C1=O. The summed E-state index contributed by atoms with van der Waals surface area (Å²) in [4.78, 5) is 26.4. The molecule has 1 unspecified atom stereocenters. The molecule has 0 bridgehead atoms. The van der Waals surface area contributed by atoms with Crippen LogP contribution < -0.4 is 10.2 Å². The van der Waals surface area contributed by atoms with Crippen molar-refractivity contribution in [2.45, 2.75) is 13.0 Å². The van der Waals surface area contributed by atoms with Gasteiger partial charge in [-0.1, -0.05) is 41.9 Å². The van der Waals surface area contributed by atoms with Gasteiger partial charge in [-0.25, -0.2) is 0 Å². The number of anilines is 1. The summed E-state index contributed by atoms with van der Waals surface area (Å²) in [7, 11) is 0. The van der Waals surface area contributed by atoms with Gasteiger partial charge in [0.05, 0.1) is 0 Å². The number of para-hydroxylation sites is 1. The first-order chi connectivity index (χ1) is 11.1. The van der Waals surface area contributed by atoms with Crippen molar-refractivity contribution >= 4 is 29.1 Å². The molecule has 1 heterocycles. The van der Waals surface area contributed by atoms with E-state index in [1.807, 2.05) is 42.5 Å². The predicted molar refractivity (Wildman–Crippen MR) is 90.2 cm³/mol. The summed E-state index contributed by atoms with van der Waals surface area (Å²) in [5.74, 6) is -0.962. The van der Waals surface area contributed by atoms with Gasteiger partial charge < -0.3 is 10.2 Å². The lowest BCUT2D eigenvalue weighted by atomic mass is 10.1. The van der Waals surface area contributed by atoms with E-state index in [-0.39, 0.29) is 11.8 Å². The van der Waals surface area contributed by atoms with Crippen molar-refractivity contribution in [1.29, 1.82) is 0 Å². The molecule has 0 saturated carbocycles. The van der Waals surface area contributed by atoms with Gasteiger partial charge >= 0.3 is 0 Å². The minimum absolute atomic E-state index is 0.134. The molecule has 1 fully saturated rings. The summed E-state index contributed by atoms with van der Waals surface area (Å²) in [6, 6.07) is 16.7. The first-order valence-corrected chi connectivity index (χ1v) is 7.91. The number of nitrogens with zero attached hydrogens (tertiary/aromatic N) is 1. The number of benzene rings is 2. The van der Waals surface area contributed by atoms with E-state index in [4.69, 9.17) is 11.6 Å². The van der Waals surface area contributed by atoms with Gasteiger partial charge in [0.15, 0.2) is 0 Å². The van der Waals surface area contributed by atoms with Crippen LogP contribution in [0.5, 0.6) is 0 Å². The Kier molecular flexibility index (Phi) is 4.63. The molecule has 0 radical (unpaired) electrons. The molecule has 1 saturated heterocycles. The second-order valence-corrected chi connectivity index (χ2v) is 5.95. The van der Waals surface area contributed by atoms with Crippen LogP contribution in [0.2, 0.25) is 5.02 Å². The van der Waals surface area contributed by atoms with E-state index in [9.17, 15) is 9.59 Å². The summed E-state index contributed by atoms with van der Waals surface area (Å²) >= 11 is 5.83. The van der Waals surface area contributed by atoms with E-state index in [1.54, 1.807) is 17.0 Å². The van der Waals surface area contributed by atoms with E-state index in [0.717, 1.165) is 11.3 Å². The average molecular weight is 329 g/mol. The minimum Gasteiger partial charge on any atom is -0.351 e. The lowest BCUT2D eigenvalue weighted by molar-refractivity contribution is -0.132. The van der Waals surface area contributed by atoms with Crippen molar-refractivity contribution in [2.24, 2.45) is 5.92 Å². The van der Waals surface area contributed by atoms with Gasteiger partial charge in [0, 0.05) is 23.8 Å². The van der Waals surface area contributed by atoms with Crippen LogP contribution in [0.15, 0.2) is 54.6 Å². The fourth-order valence-corrected chi connectivity index (χ4v) is 2.83. The molecule has 1 aliphatic heterocycles. The molecular formula is C18H17ClN2O2. The Labute approximate surface area is 140 Å². The Morgan fingerprint density at radius 1 is 1.13 bits per heavy atom. The highest BCUT2D eigenvalue weighted by Crippen LogP contribution is 2.25. The summed E-state index contributed by atoms with van der Waals surface area (Å²) in [6.07, 6.45) is 0.542. The van der Waals surface area contributed by atoms with Crippen molar-refractivity contribution in [3.8, 4) is 0 Å². The van der Waals surface area contributed by atoms with Gasteiger partial charge in [-0.15, -0.1) is 0 Å². The van der Waals surface area contributed by atoms with Crippen LogP contribution in [-0.2, 0) is 16.1 Å². The van der Waals surface area contributed by atoms with E-state index < -0.39 is 5.92 Å². The molecule has 0 aliphatic carbocycles. The highest BCUT2D eigenvalue weighted by atomic mass is 35.5. The zero-order chi connectivity index (χ0) is 16.2. The number of hydrogen-bond acceptors (Lipinski definition) is 2. The van der Waals surface area contributed by atoms with E-state index in [2.05, 4.69) is 5.32 Å². The van der Waals surface area contributed by atoms with Gasteiger partial charge in [-0.05, 0) is 36.2 Å². The van der Waals surface area contributed by atoms with Crippen LogP contribution >= 0.6 is 11.6 Å². The third kappa shape index (κ3) is 3.54. The van der Waals surface area contributed by atoms with Crippen LogP contribution in [0.25, 0.3) is 0 Å². The fourth-order valence-electron chi connectivity index (χ4n) is 2.70. The van der Waals surface area contributed by atoms with Crippen LogP contribution in [-0.4, -0.2) is 18.4 Å². The van der Waals surface area contributed by atoms with Gasteiger partial charge in [-0.2, -0.15) is 0 Å². The molecular weight excluding hydrogens is 312 g/mol. The Morgan fingerprint density at radius 3 is 2.52 bits per heavy atom. The zero-order valence-electron chi connectivity index (χ0n) is 12.5. The normalized spacial score (nSPS) is 17.3. The van der Waals surface area contributed by atoms with Crippen molar-refractivity contribution in [3.63, 3.8) is 0 Å². The molecule has 2 aromatic rings. The lowest BCUT2D eigenvalue weighted by Gasteiger charge is -2.16. The molecule has 1 atom stereocenters. The molecule has 23 heavy (non-hydrogen) atoms. The number of nitrogens with one attached hydrogen (secondary N) is 1. The van der Waals surface area contributed by atoms with Crippen molar-refractivity contribution in [2.75, 3.05) is 11.4 Å². The Balaban J connectivity index is 1.60. The molecule has 118 valence electrons. The molecule has 0 aromatic heterocycles. The second-order valence-electron chi connectivity index (χ2n) is 5.51. The lowest BCUT2D eigenvalue weighted by Crippen LogP contribution is -2.36. The molecule has 1 aliphatic rings. The molecule has 1 N–H and O–H groups in total. The van der Waals surface area contributed by atoms with Crippen LogP contribution in [0.1, 0.15) is 12.0 Å². The summed E-state index contributed by atoms with van der Waals surface area (Å²) in [6.45, 7) is 0.965. The third-order valence-corrected chi connectivity index (χ3v) is 4.22. The molecule has 3 rings (SSSR count). The van der Waals surface area contributed by atoms with Crippen molar-refractivity contribution in [3.05, 3.63) is 65.2 Å². The molecule has 4 nitrogen and oxygen atoms in total. The first-order valence-electron chi connectivity index (χ1n) is 7.54. The maximum atomic E-state index is 12.5. The number of carbonyl (C=O) groups is 2. The summed E-state index contributed by atoms with van der Waals surface area (Å²) in [5, 5.41) is 3.49. The third-order valence-electron chi connectivity index (χ3n) is 3.97. The highest BCUT2D eigenvalue weighted by Gasteiger charge is 2.37. The van der Waals surface area contributed by atoms with E-state index >= 15 is 0 Å². The zero-order valence-corrected chi connectivity index (χ0v) is 13.3. The van der Waals surface area contributed by atoms with E-state index in [1.165, 1.54) is 0 Å². The molecule has 5 heteroatoms. The van der Waals surface area contributed by atoms with Gasteiger partial charge in [0.25, 0.3) is 0 Å². The Bertz CT molecular complexity index is 701. The van der Waals surface area contributed by atoms with Gasteiger partial charge in [0.2, 0.25) is 11.8 Å². The molecule has 2 amide bonds. The van der Waals surface area contributed by atoms with Gasteiger partial charge in [-0.3, -0.25) is 9.59 Å². The average Bonchev–Trinajstić information content (AvgIpc) is 2.96. The minimum atomic E-state index is -0.609. The first kappa shape index (κ1) is 15.6. The second kappa shape index (κ2) is 6.84. The molecule has 0 spiro atoms. The topological polar surface area (TPSA) is 49.4 Å². The number of carbonyl (C=O) groups excluding carboxylic acids is 2. The number of amides is 2. The summed E-state index contributed by atoms with van der Waals surface area (Å²) in [5.41, 5.74) is 1.79. The van der Waals surface area contributed by atoms with Crippen molar-refractivity contribution < 1.29 is 9.59 Å². The Morgan fingerprint density at radius 2 is 1.83 bits per heavy atom. The van der Waals surface area contributed by atoms with Gasteiger partial charge in [0.1, 0.15) is 5.92 Å². The number of rotatable bonds is 4. The quantitative estimate of drug-likeness (QED) is 0.877. The van der Waals surface area contributed by atoms with Crippen LogP contribution in [0, 0.1) is 5.92 Å². The predicted octanol–water partition coefficient (Wildman–Crippen LogP) is 3.01. The largest absolute Gasteiger partial charge is 0.351 e. The fraction of sp³-hybridized carbons (Fsp3) is 0.222. The smallest absolute Gasteiger partial charge is 0.239 e. The number of hydrogen-bond donors (Lipinski definition) is 1. The maximum absolute atomic E-state index is 12.5. The highest BCUT2D eigenvalue weighted by molar-refractivity contribution is 6.30.